The second-order valence-electron chi connectivity index (χ2n) is 2.43. The van der Waals surface area contributed by atoms with Crippen LogP contribution < -0.4 is 0 Å². The molecule has 1 aromatic rings. The number of nitrogens with zero attached hydrogens (tertiary/aromatic N) is 3. The number of rotatable bonds is 2. The molecule has 0 amide bonds. The molecule has 0 radical (unpaired) electrons. The molecule has 0 aromatic heterocycles. The van der Waals surface area contributed by atoms with Crippen LogP contribution in [0.5, 0.6) is 0 Å². The second kappa shape index (κ2) is 4.21. The van der Waals surface area contributed by atoms with Gasteiger partial charge in [-0.2, -0.15) is 0 Å². The summed E-state index contributed by atoms with van der Waals surface area (Å²) in [5, 5.41) is 3.29. The first-order valence-corrected chi connectivity index (χ1v) is 3.60. The number of azide groups is 1. The summed E-state index contributed by atoms with van der Waals surface area (Å²) >= 11 is 0. The van der Waals surface area contributed by atoms with Crippen LogP contribution in [0.1, 0.15) is 11.1 Å². The summed E-state index contributed by atoms with van der Waals surface area (Å²) in [5.41, 5.74) is 10.2. The molecule has 1 rings (SSSR count). The highest BCUT2D eigenvalue weighted by Gasteiger charge is 1.84. The summed E-state index contributed by atoms with van der Waals surface area (Å²) in [6.45, 7) is 2.03. The second-order valence-corrected chi connectivity index (χ2v) is 2.43. The maximum Gasteiger partial charge on any atom is 0.00475 e. The van der Waals surface area contributed by atoms with Crippen LogP contribution in [0.25, 0.3) is 16.5 Å². The molecule has 0 N–H and O–H groups in total. The van der Waals surface area contributed by atoms with Crippen LogP contribution >= 0.6 is 0 Å². The van der Waals surface area contributed by atoms with Crippen molar-refractivity contribution in [1.29, 1.82) is 0 Å². The molecule has 60 valence electrons. The van der Waals surface area contributed by atoms with E-state index in [4.69, 9.17) is 5.53 Å². The third-order valence-electron chi connectivity index (χ3n) is 1.46. The van der Waals surface area contributed by atoms with Gasteiger partial charge in [-0.05, 0) is 18.0 Å². The third kappa shape index (κ3) is 2.48. The minimum absolute atomic E-state index is 1.04. The molecule has 0 atom stereocenters. The van der Waals surface area contributed by atoms with E-state index in [2.05, 4.69) is 10.0 Å². The average Bonchev–Trinajstić information content (AvgIpc) is 2.09. The van der Waals surface area contributed by atoms with E-state index in [1.165, 1.54) is 11.8 Å². The minimum Gasteiger partial charge on any atom is -0.0686 e. The first-order chi connectivity index (χ1) is 5.83. The smallest absolute Gasteiger partial charge is 0.00475 e. The van der Waals surface area contributed by atoms with Crippen LogP contribution in [-0.2, 0) is 0 Å². The lowest BCUT2D eigenvalue weighted by atomic mass is 10.1. The Morgan fingerprint density at radius 1 is 1.33 bits per heavy atom. The summed E-state index contributed by atoms with van der Waals surface area (Å²) in [6, 6.07) is 7.96. The summed E-state index contributed by atoms with van der Waals surface area (Å²) in [5.74, 6) is 0. The lowest BCUT2D eigenvalue weighted by Crippen LogP contribution is -1.72. The van der Waals surface area contributed by atoms with Gasteiger partial charge in [-0.3, -0.25) is 0 Å². The standard InChI is InChI=1S/C9H9N3/c1-8-2-4-9(5-3-8)6-7-11-12-10/h2-7H,1H3/b7-6+. The fourth-order valence-electron chi connectivity index (χ4n) is 0.827. The van der Waals surface area contributed by atoms with E-state index < -0.39 is 0 Å². The van der Waals surface area contributed by atoms with Crippen molar-refractivity contribution in [3.8, 4) is 0 Å². The lowest BCUT2D eigenvalue weighted by Gasteiger charge is -1.92. The predicted octanol–water partition coefficient (Wildman–Crippen LogP) is 3.28. The fraction of sp³-hybridized carbons (Fsp3) is 0.111. The molecule has 0 spiro atoms. The molecule has 0 aliphatic rings. The van der Waals surface area contributed by atoms with E-state index in [9.17, 15) is 0 Å². The van der Waals surface area contributed by atoms with E-state index in [0.717, 1.165) is 5.56 Å². The van der Waals surface area contributed by atoms with Crippen LogP contribution in [0.4, 0.5) is 0 Å². The predicted molar refractivity (Wildman–Crippen MR) is 49.4 cm³/mol. The molecule has 1 aromatic carbocycles. The topological polar surface area (TPSA) is 48.8 Å². The first-order valence-electron chi connectivity index (χ1n) is 3.60. The van der Waals surface area contributed by atoms with Crippen LogP contribution in [0.3, 0.4) is 0 Å². The Labute approximate surface area is 71.0 Å². The van der Waals surface area contributed by atoms with Gasteiger partial charge in [-0.15, -0.1) is 0 Å². The van der Waals surface area contributed by atoms with E-state index in [0.29, 0.717) is 0 Å². The molecule has 0 fully saturated rings. The Morgan fingerprint density at radius 2 is 2.00 bits per heavy atom. The van der Waals surface area contributed by atoms with Crippen molar-refractivity contribution < 1.29 is 0 Å². The van der Waals surface area contributed by atoms with Crippen LogP contribution in [-0.4, -0.2) is 0 Å². The van der Waals surface area contributed by atoms with Crippen molar-refractivity contribution >= 4 is 6.08 Å². The van der Waals surface area contributed by atoms with Gasteiger partial charge in [0.25, 0.3) is 0 Å². The highest BCUT2D eigenvalue weighted by atomic mass is 15.1. The minimum atomic E-state index is 1.04. The SMILES string of the molecule is Cc1ccc(/C=C/N=[N+]=[N-])cc1. The van der Waals surface area contributed by atoms with Crippen molar-refractivity contribution in [2.24, 2.45) is 5.11 Å². The molecular formula is C9H9N3. The van der Waals surface area contributed by atoms with Gasteiger partial charge in [-0.1, -0.05) is 41.0 Å². The van der Waals surface area contributed by atoms with Gasteiger partial charge in [0.05, 0.1) is 0 Å². The van der Waals surface area contributed by atoms with Gasteiger partial charge in [-0.25, -0.2) is 0 Å². The number of aryl methyl sites for hydroxylation is 1. The zero-order valence-electron chi connectivity index (χ0n) is 6.81. The van der Waals surface area contributed by atoms with E-state index >= 15 is 0 Å². The van der Waals surface area contributed by atoms with E-state index in [1.54, 1.807) is 6.08 Å². The van der Waals surface area contributed by atoms with Gasteiger partial charge in [0.1, 0.15) is 0 Å². The lowest BCUT2D eigenvalue weighted by molar-refractivity contribution is 1.45. The molecule has 0 unspecified atom stereocenters. The monoisotopic (exact) mass is 159 g/mol. The Hall–Kier alpha value is -1.73. The van der Waals surface area contributed by atoms with E-state index in [-0.39, 0.29) is 0 Å². The van der Waals surface area contributed by atoms with Crippen LogP contribution in [0.15, 0.2) is 35.6 Å². The molecule has 0 aliphatic carbocycles. The van der Waals surface area contributed by atoms with Crippen LogP contribution in [0, 0.1) is 6.92 Å². The Morgan fingerprint density at radius 3 is 2.58 bits per heavy atom. The van der Waals surface area contributed by atoms with Crippen molar-refractivity contribution in [1.82, 2.24) is 0 Å². The van der Waals surface area contributed by atoms with Crippen molar-refractivity contribution in [2.45, 2.75) is 6.92 Å². The highest BCUT2D eigenvalue weighted by molar-refractivity contribution is 5.49. The fourth-order valence-corrected chi connectivity index (χ4v) is 0.827. The maximum absolute atomic E-state index is 8.00. The maximum atomic E-state index is 8.00. The molecule has 0 heterocycles. The van der Waals surface area contributed by atoms with Crippen molar-refractivity contribution in [2.75, 3.05) is 0 Å². The Kier molecular flexibility index (Phi) is 2.94. The average molecular weight is 159 g/mol. The molecule has 3 heteroatoms. The summed E-state index contributed by atoms with van der Waals surface area (Å²) < 4.78 is 0. The zero-order chi connectivity index (χ0) is 8.81. The Balaban J connectivity index is 2.77. The first kappa shape index (κ1) is 8.37. The quantitative estimate of drug-likeness (QED) is 0.361. The van der Waals surface area contributed by atoms with Gasteiger partial charge in [0, 0.05) is 11.1 Å². The number of hydrogen-bond acceptors (Lipinski definition) is 1. The summed E-state index contributed by atoms with van der Waals surface area (Å²) in [6.07, 6.45) is 3.20. The summed E-state index contributed by atoms with van der Waals surface area (Å²) in [7, 11) is 0. The van der Waals surface area contributed by atoms with Crippen LogP contribution in [0.2, 0.25) is 0 Å². The molecule has 3 nitrogen and oxygen atoms in total. The van der Waals surface area contributed by atoms with Crippen molar-refractivity contribution in [3.05, 3.63) is 52.0 Å². The van der Waals surface area contributed by atoms with Gasteiger partial charge >= 0.3 is 0 Å². The Bertz CT molecular complexity index is 318. The van der Waals surface area contributed by atoms with E-state index in [1.807, 2.05) is 31.2 Å². The largest absolute Gasteiger partial charge is 0.0686 e. The number of hydrogen-bond donors (Lipinski definition) is 0. The molecule has 0 saturated carbocycles. The summed E-state index contributed by atoms with van der Waals surface area (Å²) in [4.78, 5) is 2.61. The zero-order valence-corrected chi connectivity index (χ0v) is 6.81. The highest BCUT2D eigenvalue weighted by Crippen LogP contribution is 2.04. The van der Waals surface area contributed by atoms with Gasteiger partial charge < -0.3 is 0 Å². The van der Waals surface area contributed by atoms with Gasteiger partial charge in [0.15, 0.2) is 0 Å². The molecule has 0 aliphatic heterocycles. The number of benzene rings is 1. The van der Waals surface area contributed by atoms with Crippen molar-refractivity contribution in [3.63, 3.8) is 0 Å². The molecular weight excluding hydrogens is 150 g/mol. The third-order valence-corrected chi connectivity index (χ3v) is 1.46. The molecule has 0 bridgehead atoms. The molecule has 12 heavy (non-hydrogen) atoms. The van der Waals surface area contributed by atoms with Gasteiger partial charge in [0.2, 0.25) is 0 Å². The normalized spacial score (nSPS) is 9.75. The molecule has 0 saturated heterocycles.